The predicted molar refractivity (Wildman–Crippen MR) is 62.2 cm³/mol. The summed E-state index contributed by atoms with van der Waals surface area (Å²) in [4.78, 5) is 0. The summed E-state index contributed by atoms with van der Waals surface area (Å²) in [6.07, 6.45) is 2.71. The first-order valence-corrected chi connectivity index (χ1v) is 5.51. The molecule has 0 radical (unpaired) electrons. The van der Waals surface area contributed by atoms with E-state index >= 15 is 0 Å². The van der Waals surface area contributed by atoms with Gasteiger partial charge >= 0.3 is 0 Å². The van der Waals surface area contributed by atoms with Crippen LogP contribution >= 0.6 is 31.9 Å². The van der Waals surface area contributed by atoms with E-state index in [0.29, 0.717) is 6.61 Å². The Labute approximate surface area is 95.1 Å². The van der Waals surface area contributed by atoms with Gasteiger partial charge in [-0.1, -0.05) is 37.9 Å². The summed E-state index contributed by atoms with van der Waals surface area (Å²) in [6, 6.07) is 5.85. The summed E-state index contributed by atoms with van der Waals surface area (Å²) in [5.41, 5.74) is 0. The Balaban J connectivity index is 2.60. The quantitative estimate of drug-likeness (QED) is 0.599. The minimum absolute atomic E-state index is 0.673. The maximum atomic E-state index is 5.48. The van der Waals surface area contributed by atoms with Crippen molar-refractivity contribution in [1.29, 1.82) is 0 Å². The van der Waals surface area contributed by atoms with Gasteiger partial charge in [0.05, 0.1) is 6.61 Å². The average molecular weight is 306 g/mol. The molecule has 1 aromatic carbocycles. The second-order valence-electron chi connectivity index (χ2n) is 2.53. The molecular formula is C10H10Br2O. The maximum Gasteiger partial charge on any atom is 0.121 e. The van der Waals surface area contributed by atoms with Gasteiger partial charge in [-0.3, -0.25) is 0 Å². The summed E-state index contributed by atoms with van der Waals surface area (Å²) in [6.45, 7) is 4.30. The zero-order valence-electron chi connectivity index (χ0n) is 7.09. The second kappa shape index (κ2) is 5.45. The topological polar surface area (TPSA) is 9.23 Å². The van der Waals surface area contributed by atoms with Crippen LogP contribution in [0.25, 0.3) is 0 Å². The third-order valence-corrected chi connectivity index (χ3v) is 2.34. The summed E-state index contributed by atoms with van der Waals surface area (Å²) in [5.74, 6) is 0.864. The molecule has 0 unspecified atom stereocenters. The highest BCUT2D eigenvalue weighted by molar-refractivity contribution is 9.11. The van der Waals surface area contributed by atoms with Crippen molar-refractivity contribution in [2.45, 2.75) is 6.42 Å². The first-order valence-electron chi connectivity index (χ1n) is 3.92. The largest absolute Gasteiger partial charge is 0.493 e. The number of halogens is 2. The van der Waals surface area contributed by atoms with Crippen LogP contribution in [0.1, 0.15) is 6.42 Å². The third-order valence-electron chi connectivity index (χ3n) is 1.43. The number of benzene rings is 1. The fourth-order valence-electron chi connectivity index (χ4n) is 0.872. The van der Waals surface area contributed by atoms with Gasteiger partial charge in [-0.25, -0.2) is 0 Å². The highest BCUT2D eigenvalue weighted by Gasteiger charge is 1.97. The Morgan fingerprint density at radius 2 is 1.85 bits per heavy atom. The van der Waals surface area contributed by atoms with E-state index in [0.717, 1.165) is 21.1 Å². The summed E-state index contributed by atoms with van der Waals surface area (Å²) in [5, 5.41) is 0. The van der Waals surface area contributed by atoms with Gasteiger partial charge in [0.2, 0.25) is 0 Å². The first-order chi connectivity index (χ1) is 6.22. The Morgan fingerprint density at radius 1 is 1.23 bits per heavy atom. The highest BCUT2D eigenvalue weighted by atomic mass is 79.9. The summed E-state index contributed by atoms with van der Waals surface area (Å²) in [7, 11) is 0. The van der Waals surface area contributed by atoms with Crippen molar-refractivity contribution in [3.8, 4) is 5.75 Å². The SMILES string of the molecule is C=CCCOc1cc(Br)cc(Br)c1. The molecule has 0 amide bonds. The van der Waals surface area contributed by atoms with Crippen LogP contribution < -0.4 is 4.74 Å². The van der Waals surface area contributed by atoms with Gasteiger partial charge in [-0.05, 0) is 24.6 Å². The van der Waals surface area contributed by atoms with Crippen molar-refractivity contribution in [3.05, 3.63) is 39.8 Å². The minimum Gasteiger partial charge on any atom is -0.493 e. The number of hydrogen-bond donors (Lipinski definition) is 0. The van der Waals surface area contributed by atoms with Crippen molar-refractivity contribution >= 4 is 31.9 Å². The lowest BCUT2D eigenvalue weighted by Gasteiger charge is -2.05. The second-order valence-corrected chi connectivity index (χ2v) is 4.36. The van der Waals surface area contributed by atoms with E-state index in [4.69, 9.17) is 4.74 Å². The molecule has 13 heavy (non-hydrogen) atoms. The lowest BCUT2D eigenvalue weighted by atomic mass is 10.3. The van der Waals surface area contributed by atoms with E-state index in [-0.39, 0.29) is 0 Å². The van der Waals surface area contributed by atoms with Gasteiger partial charge in [0.25, 0.3) is 0 Å². The van der Waals surface area contributed by atoms with Crippen molar-refractivity contribution in [2.75, 3.05) is 6.61 Å². The Bertz CT molecular complexity index is 277. The van der Waals surface area contributed by atoms with Gasteiger partial charge < -0.3 is 4.74 Å². The molecule has 0 fully saturated rings. The van der Waals surface area contributed by atoms with E-state index in [1.165, 1.54) is 0 Å². The molecule has 0 saturated carbocycles. The zero-order chi connectivity index (χ0) is 9.68. The maximum absolute atomic E-state index is 5.48. The summed E-state index contributed by atoms with van der Waals surface area (Å²) >= 11 is 6.78. The van der Waals surface area contributed by atoms with Gasteiger partial charge in [-0.2, -0.15) is 0 Å². The van der Waals surface area contributed by atoms with Crippen LogP contribution in [-0.2, 0) is 0 Å². The smallest absolute Gasteiger partial charge is 0.121 e. The Morgan fingerprint density at radius 3 is 2.38 bits per heavy atom. The standard InChI is InChI=1S/C10H10Br2O/c1-2-3-4-13-10-6-8(11)5-9(12)7-10/h2,5-7H,1,3-4H2. The summed E-state index contributed by atoms with van der Waals surface area (Å²) < 4.78 is 7.50. The minimum atomic E-state index is 0.673. The molecule has 1 aromatic rings. The lowest BCUT2D eigenvalue weighted by Crippen LogP contribution is -1.95. The van der Waals surface area contributed by atoms with Crippen LogP contribution in [0.2, 0.25) is 0 Å². The molecule has 1 nitrogen and oxygen atoms in total. The molecule has 0 aliphatic rings. The zero-order valence-corrected chi connectivity index (χ0v) is 10.3. The molecule has 1 rings (SSSR count). The fraction of sp³-hybridized carbons (Fsp3) is 0.200. The molecule has 0 saturated heterocycles. The van der Waals surface area contributed by atoms with Gasteiger partial charge in [-0.15, -0.1) is 6.58 Å². The van der Waals surface area contributed by atoms with Gasteiger partial charge in [0.1, 0.15) is 5.75 Å². The molecule has 0 bridgehead atoms. The predicted octanol–water partition coefficient (Wildman–Crippen LogP) is 4.17. The average Bonchev–Trinajstić information content (AvgIpc) is 2.03. The van der Waals surface area contributed by atoms with Crippen molar-refractivity contribution in [3.63, 3.8) is 0 Å². The number of rotatable bonds is 4. The van der Waals surface area contributed by atoms with Gasteiger partial charge in [0, 0.05) is 8.95 Å². The van der Waals surface area contributed by atoms with Crippen LogP contribution in [0.15, 0.2) is 39.8 Å². The van der Waals surface area contributed by atoms with Crippen LogP contribution in [0.3, 0.4) is 0 Å². The van der Waals surface area contributed by atoms with Crippen LogP contribution in [0, 0.1) is 0 Å². The van der Waals surface area contributed by atoms with Crippen molar-refractivity contribution in [2.24, 2.45) is 0 Å². The van der Waals surface area contributed by atoms with E-state index in [1.54, 1.807) is 0 Å². The van der Waals surface area contributed by atoms with E-state index in [1.807, 2.05) is 24.3 Å². The van der Waals surface area contributed by atoms with E-state index in [2.05, 4.69) is 38.4 Å². The lowest BCUT2D eigenvalue weighted by molar-refractivity contribution is 0.324. The van der Waals surface area contributed by atoms with Crippen LogP contribution in [-0.4, -0.2) is 6.61 Å². The molecule has 0 atom stereocenters. The fourth-order valence-corrected chi connectivity index (χ4v) is 2.12. The molecule has 0 heterocycles. The Kier molecular flexibility index (Phi) is 4.53. The molecular weight excluding hydrogens is 296 g/mol. The normalized spacial score (nSPS) is 9.69. The molecule has 70 valence electrons. The molecule has 0 N–H and O–H groups in total. The van der Waals surface area contributed by atoms with Crippen LogP contribution in [0.5, 0.6) is 5.75 Å². The van der Waals surface area contributed by atoms with Crippen molar-refractivity contribution < 1.29 is 4.74 Å². The molecule has 0 spiro atoms. The Hall–Kier alpha value is -0.280. The first kappa shape index (κ1) is 10.8. The van der Waals surface area contributed by atoms with Crippen LogP contribution in [0.4, 0.5) is 0 Å². The van der Waals surface area contributed by atoms with E-state index < -0.39 is 0 Å². The van der Waals surface area contributed by atoms with Crippen molar-refractivity contribution in [1.82, 2.24) is 0 Å². The third kappa shape index (κ3) is 3.96. The van der Waals surface area contributed by atoms with Gasteiger partial charge in [0.15, 0.2) is 0 Å². The molecule has 0 aromatic heterocycles. The molecule has 0 aliphatic heterocycles. The number of hydrogen-bond acceptors (Lipinski definition) is 1. The molecule has 3 heteroatoms. The van der Waals surface area contributed by atoms with E-state index in [9.17, 15) is 0 Å². The monoisotopic (exact) mass is 304 g/mol. The number of ether oxygens (including phenoxy) is 1. The highest BCUT2D eigenvalue weighted by Crippen LogP contribution is 2.24. The molecule has 0 aliphatic carbocycles.